The summed E-state index contributed by atoms with van der Waals surface area (Å²) in [6.45, 7) is 7.25. The normalized spacial score (nSPS) is 33.1. The van der Waals surface area contributed by atoms with Crippen LogP contribution in [0.3, 0.4) is 0 Å². The van der Waals surface area contributed by atoms with E-state index in [0.717, 1.165) is 24.4 Å². The Morgan fingerprint density at radius 3 is 2.89 bits per heavy atom. The van der Waals surface area contributed by atoms with Gasteiger partial charge in [-0.2, -0.15) is 0 Å². The average Bonchev–Trinajstić information content (AvgIpc) is 2.40. The summed E-state index contributed by atoms with van der Waals surface area (Å²) in [5.41, 5.74) is 1.44. The highest BCUT2D eigenvalue weighted by Crippen LogP contribution is 2.30. The van der Waals surface area contributed by atoms with Gasteiger partial charge in [0.2, 0.25) is 0 Å². The fraction of sp³-hybridized carbons (Fsp3) is 0.625. The molecular formula is C16H24N2. The Balaban J connectivity index is 1.60. The molecule has 2 aliphatic heterocycles. The highest BCUT2D eigenvalue weighted by atomic mass is 15.2. The molecule has 2 aliphatic rings. The van der Waals surface area contributed by atoms with Gasteiger partial charge in [-0.1, -0.05) is 37.3 Å². The van der Waals surface area contributed by atoms with Gasteiger partial charge in [0.1, 0.15) is 0 Å². The Morgan fingerprint density at radius 2 is 2.06 bits per heavy atom. The Kier molecular flexibility index (Phi) is 3.67. The molecule has 2 nitrogen and oxygen atoms in total. The lowest BCUT2D eigenvalue weighted by Gasteiger charge is -2.45. The summed E-state index contributed by atoms with van der Waals surface area (Å²) < 4.78 is 0. The van der Waals surface area contributed by atoms with Crippen molar-refractivity contribution in [1.29, 1.82) is 0 Å². The van der Waals surface area contributed by atoms with Gasteiger partial charge in [0.25, 0.3) is 0 Å². The van der Waals surface area contributed by atoms with Crippen LogP contribution < -0.4 is 5.32 Å². The van der Waals surface area contributed by atoms with Crippen molar-refractivity contribution in [1.82, 2.24) is 10.2 Å². The van der Waals surface area contributed by atoms with E-state index in [0.29, 0.717) is 0 Å². The first-order valence-electron chi connectivity index (χ1n) is 7.32. The molecule has 0 aromatic heterocycles. The van der Waals surface area contributed by atoms with Gasteiger partial charge in [-0.05, 0) is 43.3 Å². The molecule has 2 heterocycles. The molecule has 1 N–H and O–H groups in total. The van der Waals surface area contributed by atoms with E-state index in [-0.39, 0.29) is 0 Å². The van der Waals surface area contributed by atoms with Crippen LogP contribution in [-0.2, 0) is 6.54 Å². The zero-order valence-corrected chi connectivity index (χ0v) is 11.3. The second-order valence-corrected chi connectivity index (χ2v) is 6.00. The first kappa shape index (κ1) is 12.2. The third-order valence-corrected chi connectivity index (χ3v) is 4.74. The number of fused-ring (bicyclic) bond motifs is 1. The van der Waals surface area contributed by atoms with E-state index in [1.54, 1.807) is 0 Å². The lowest BCUT2D eigenvalue weighted by atomic mass is 9.77. The van der Waals surface area contributed by atoms with Crippen LogP contribution >= 0.6 is 0 Å². The number of piperidine rings is 2. The lowest BCUT2D eigenvalue weighted by molar-refractivity contribution is 0.0795. The summed E-state index contributed by atoms with van der Waals surface area (Å²) in [5, 5.41) is 3.73. The maximum Gasteiger partial charge on any atom is 0.0234 e. The highest BCUT2D eigenvalue weighted by Gasteiger charge is 2.34. The maximum atomic E-state index is 3.73. The molecule has 3 atom stereocenters. The molecule has 2 fully saturated rings. The van der Waals surface area contributed by atoms with Crippen LogP contribution in [0, 0.1) is 11.8 Å². The van der Waals surface area contributed by atoms with Crippen molar-refractivity contribution in [2.75, 3.05) is 19.6 Å². The van der Waals surface area contributed by atoms with Crippen LogP contribution in [-0.4, -0.2) is 30.6 Å². The lowest BCUT2D eigenvalue weighted by Crippen LogP contribution is -2.55. The minimum atomic E-state index is 0.728. The zero-order chi connectivity index (χ0) is 12.4. The smallest absolute Gasteiger partial charge is 0.0234 e. The van der Waals surface area contributed by atoms with E-state index >= 15 is 0 Å². The van der Waals surface area contributed by atoms with Gasteiger partial charge in [-0.25, -0.2) is 0 Å². The van der Waals surface area contributed by atoms with Crippen molar-refractivity contribution in [3.05, 3.63) is 35.9 Å². The van der Waals surface area contributed by atoms with Crippen LogP contribution in [0.15, 0.2) is 30.3 Å². The van der Waals surface area contributed by atoms with Crippen molar-refractivity contribution in [2.45, 2.75) is 32.4 Å². The molecule has 3 rings (SSSR count). The zero-order valence-electron chi connectivity index (χ0n) is 11.3. The van der Waals surface area contributed by atoms with E-state index in [2.05, 4.69) is 47.5 Å². The molecule has 0 aliphatic carbocycles. The second kappa shape index (κ2) is 5.41. The molecule has 0 amide bonds. The van der Waals surface area contributed by atoms with E-state index in [1.807, 2.05) is 0 Å². The summed E-state index contributed by atoms with van der Waals surface area (Å²) in [7, 11) is 0. The number of nitrogens with one attached hydrogen (secondary N) is 1. The third kappa shape index (κ3) is 2.60. The first-order chi connectivity index (χ1) is 8.83. The minimum Gasteiger partial charge on any atom is -0.312 e. The highest BCUT2D eigenvalue weighted by molar-refractivity contribution is 5.14. The number of hydrogen-bond acceptors (Lipinski definition) is 2. The summed E-state index contributed by atoms with van der Waals surface area (Å²) in [5.74, 6) is 1.82. The molecule has 0 spiro atoms. The quantitative estimate of drug-likeness (QED) is 0.860. The molecule has 0 radical (unpaired) electrons. The third-order valence-electron chi connectivity index (χ3n) is 4.74. The minimum absolute atomic E-state index is 0.728. The van der Waals surface area contributed by atoms with Gasteiger partial charge >= 0.3 is 0 Å². The number of rotatable bonds is 2. The topological polar surface area (TPSA) is 15.3 Å². The van der Waals surface area contributed by atoms with Crippen molar-refractivity contribution >= 4 is 0 Å². The van der Waals surface area contributed by atoms with Crippen LogP contribution in [0.2, 0.25) is 0 Å². The largest absolute Gasteiger partial charge is 0.312 e. The summed E-state index contributed by atoms with van der Waals surface area (Å²) in [6.07, 6.45) is 2.73. The molecule has 3 unspecified atom stereocenters. The predicted molar refractivity (Wildman–Crippen MR) is 75.4 cm³/mol. The van der Waals surface area contributed by atoms with Crippen molar-refractivity contribution in [2.24, 2.45) is 11.8 Å². The molecule has 2 heteroatoms. The van der Waals surface area contributed by atoms with E-state index in [4.69, 9.17) is 0 Å². The Bertz CT molecular complexity index is 376. The molecule has 2 saturated heterocycles. The molecule has 1 aromatic carbocycles. The predicted octanol–water partition coefficient (Wildman–Crippen LogP) is 2.51. The molecule has 0 bridgehead atoms. The molecule has 98 valence electrons. The molecule has 0 saturated carbocycles. The fourth-order valence-corrected chi connectivity index (χ4v) is 3.63. The Morgan fingerprint density at radius 1 is 1.22 bits per heavy atom. The summed E-state index contributed by atoms with van der Waals surface area (Å²) in [6, 6.07) is 11.6. The fourth-order valence-electron chi connectivity index (χ4n) is 3.63. The van der Waals surface area contributed by atoms with Crippen LogP contribution in [0.5, 0.6) is 0 Å². The van der Waals surface area contributed by atoms with Crippen LogP contribution in [0.1, 0.15) is 25.3 Å². The van der Waals surface area contributed by atoms with Gasteiger partial charge in [-0.15, -0.1) is 0 Å². The number of hydrogen-bond donors (Lipinski definition) is 1. The number of likely N-dealkylation sites (tertiary alicyclic amines) is 1. The van der Waals surface area contributed by atoms with Gasteiger partial charge in [0.15, 0.2) is 0 Å². The summed E-state index contributed by atoms with van der Waals surface area (Å²) in [4.78, 5) is 2.61. The summed E-state index contributed by atoms with van der Waals surface area (Å²) >= 11 is 0. The van der Waals surface area contributed by atoms with Crippen LogP contribution in [0.4, 0.5) is 0 Å². The van der Waals surface area contributed by atoms with E-state index < -0.39 is 0 Å². The van der Waals surface area contributed by atoms with E-state index in [9.17, 15) is 0 Å². The first-order valence-corrected chi connectivity index (χ1v) is 7.32. The Hall–Kier alpha value is -0.860. The maximum absolute atomic E-state index is 3.73. The second-order valence-electron chi connectivity index (χ2n) is 6.00. The average molecular weight is 244 g/mol. The van der Waals surface area contributed by atoms with E-state index in [1.165, 1.54) is 38.0 Å². The molecular weight excluding hydrogens is 220 g/mol. The van der Waals surface area contributed by atoms with Gasteiger partial charge in [0.05, 0.1) is 0 Å². The van der Waals surface area contributed by atoms with Crippen molar-refractivity contribution in [3.8, 4) is 0 Å². The Labute approximate surface area is 110 Å². The standard InChI is InChI=1S/C16H24N2/c1-13-7-9-17-16-12-18(10-8-15(13)16)11-14-5-3-2-4-6-14/h2-6,13,15-17H,7-12H2,1H3. The SMILES string of the molecule is CC1CCNC2CN(Cc3ccccc3)CCC12. The molecule has 18 heavy (non-hydrogen) atoms. The molecule has 1 aromatic rings. The van der Waals surface area contributed by atoms with Gasteiger partial charge in [0, 0.05) is 19.1 Å². The van der Waals surface area contributed by atoms with Crippen molar-refractivity contribution < 1.29 is 0 Å². The number of benzene rings is 1. The number of nitrogens with zero attached hydrogens (tertiary/aromatic N) is 1. The van der Waals surface area contributed by atoms with Gasteiger partial charge < -0.3 is 5.32 Å². The monoisotopic (exact) mass is 244 g/mol. The van der Waals surface area contributed by atoms with Gasteiger partial charge in [-0.3, -0.25) is 4.90 Å². The van der Waals surface area contributed by atoms with Crippen molar-refractivity contribution in [3.63, 3.8) is 0 Å². The van der Waals surface area contributed by atoms with Crippen LogP contribution in [0.25, 0.3) is 0 Å².